The number of hydrogen-bond donors (Lipinski definition) is 2. The molecule has 0 fully saturated rings. The lowest BCUT2D eigenvalue weighted by Crippen LogP contribution is -2.25. The quantitative estimate of drug-likeness (QED) is 0.790. The van der Waals surface area contributed by atoms with E-state index in [1.54, 1.807) is 12.1 Å². The zero-order valence-electron chi connectivity index (χ0n) is 8.37. The van der Waals surface area contributed by atoms with E-state index in [0.717, 1.165) is 5.56 Å². The van der Waals surface area contributed by atoms with Gasteiger partial charge < -0.3 is 15.8 Å². The van der Waals surface area contributed by atoms with Crippen molar-refractivity contribution in [2.24, 2.45) is 5.73 Å². The smallest absolute Gasteiger partial charge is 0.406 e. The molecule has 1 aromatic carbocycles. The second kappa shape index (κ2) is 5.31. The maximum atomic E-state index is 12.6. The van der Waals surface area contributed by atoms with Crippen LogP contribution in [-0.2, 0) is 4.74 Å². The summed E-state index contributed by atoms with van der Waals surface area (Å²) in [7, 11) is 1.46. The van der Waals surface area contributed by atoms with Gasteiger partial charge in [-0.05, 0) is 17.7 Å². The first-order chi connectivity index (χ1) is 7.13. The third-order valence-electron chi connectivity index (χ3n) is 1.90. The lowest BCUT2D eigenvalue weighted by Gasteiger charge is -2.12. The number of carbonyl (C=O) groups excluding carboxylic acids is 1. The van der Waals surface area contributed by atoms with Crippen molar-refractivity contribution in [2.75, 3.05) is 13.7 Å². The van der Waals surface area contributed by atoms with Crippen LogP contribution in [0.2, 0.25) is 0 Å². The summed E-state index contributed by atoms with van der Waals surface area (Å²) in [6, 6.07) is 5.31. The Bertz CT molecular complexity index is 327. The average molecular weight is 212 g/mol. The largest absolute Gasteiger partial charge is 0.448 e. The van der Waals surface area contributed by atoms with Gasteiger partial charge >= 0.3 is 6.09 Å². The number of alkyl carbamates (subject to hydrolysis) is 1. The fourth-order valence-electron chi connectivity index (χ4n) is 1.04. The minimum Gasteiger partial charge on any atom is -0.448 e. The molecule has 0 aliphatic heterocycles. The number of rotatable bonds is 3. The number of ether oxygens (including phenoxy) is 1. The van der Waals surface area contributed by atoms with Crippen LogP contribution in [0.4, 0.5) is 9.18 Å². The van der Waals surface area contributed by atoms with Gasteiger partial charge in [-0.3, -0.25) is 0 Å². The van der Waals surface area contributed by atoms with E-state index < -0.39 is 12.1 Å². The van der Waals surface area contributed by atoms with Gasteiger partial charge in [0.2, 0.25) is 0 Å². The average Bonchev–Trinajstić information content (AvgIpc) is 2.26. The Kier molecular flexibility index (Phi) is 4.05. The molecule has 1 unspecified atom stereocenters. The minimum atomic E-state index is -0.535. The number of carbonyl (C=O) groups is 1. The molecular formula is C10H13FN2O2. The molecule has 82 valence electrons. The van der Waals surface area contributed by atoms with Gasteiger partial charge in [0.25, 0.3) is 0 Å². The lowest BCUT2D eigenvalue weighted by atomic mass is 10.1. The first kappa shape index (κ1) is 11.5. The molecule has 15 heavy (non-hydrogen) atoms. The molecule has 0 aromatic heterocycles. The van der Waals surface area contributed by atoms with Crippen LogP contribution in [0.25, 0.3) is 0 Å². The van der Waals surface area contributed by atoms with E-state index in [1.165, 1.54) is 19.2 Å². The summed E-state index contributed by atoms with van der Waals surface area (Å²) in [6.07, 6.45) is -0.535. The van der Waals surface area contributed by atoms with E-state index in [1.807, 2.05) is 0 Å². The molecule has 0 spiro atoms. The number of benzene rings is 1. The van der Waals surface area contributed by atoms with Gasteiger partial charge in [-0.15, -0.1) is 0 Å². The summed E-state index contributed by atoms with van der Waals surface area (Å²) < 4.78 is 17.4. The van der Waals surface area contributed by atoms with Crippen molar-refractivity contribution in [1.82, 2.24) is 5.32 Å². The Labute approximate surface area is 87.2 Å². The first-order valence-electron chi connectivity index (χ1n) is 4.49. The number of nitrogens with two attached hydrogens (primary N) is 1. The second-order valence-corrected chi connectivity index (χ2v) is 3.01. The molecule has 5 heteroatoms. The van der Waals surface area contributed by atoms with Crippen molar-refractivity contribution in [3.63, 3.8) is 0 Å². The van der Waals surface area contributed by atoms with Gasteiger partial charge in [-0.2, -0.15) is 0 Å². The predicted octanol–water partition coefficient (Wildman–Crippen LogP) is 1.18. The highest BCUT2D eigenvalue weighted by Crippen LogP contribution is 2.11. The Morgan fingerprint density at radius 2 is 2.13 bits per heavy atom. The third-order valence-corrected chi connectivity index (χ3v) is 1.90. The van der Waals surface area contributed by atoms with E-state index in [-0.39, 0.29) is 12.4 Å². The second-order valence-electron chi connectivity index (χ2n) is 3.01. The third kappa shape index (κ3) is 3.55. The van der Waals surface area contributed by atoms with Gasteiger partial charge in [0.15, 0.2) is 0 Å². The van der Waals surface area contributed by atoms with Gasteiger partial charge in [-0.25, -0.2) is 9.18 Å². The van der Waals surface area contributed by atoms with Crippen LogP contribution in [0.1, 0.15) is 11.6 Å². The summed E-state index contributed by atoms with van der Waals surface area (Å²) in [4.78, 5) is 10.8. The van der Waals surface area contributed by atoms with Crippen molar-refractivity contribution in [3.05, 3.63) is 35.6 Å². The lowest BCUT2D eigenvalue weighted by molar-refractivity contribution is 0.141. The van der Waals surface area contributed by atoms with Crippen LogP contribution in [0.15, 0.2) is 24.3 Å². The highest BCUT2D eigenvalue weighted by Gasteiger charge is 2.08. The molecule has 0 saturated carbocycles. The number of hydrogen-bond acceptors (Lipinski definition) is 3. The summed E-state index contributed by atoms with van der Waals surface area (Å²) in [5.41, 5.74) is 6.44. The Balaban J connectivity index is 2.50. The Hall–Kier alpha value is -1.62. The molecule has 0 radical (unpaired) electrons. The molecule has 1 aromatic rings. The summed E-state index contributed by atoms with van der Waals surface area (Å²) in [6.45, 7) is 0.0608. The van der Waals surface area contributed by atoms with E-state index in [9.17, 15) is 9.18 Å². The standard InChI is InChI=1S/C10H13FN2O2/c1-13-10(14)15-6-9(12)7-2-4-8(11)5-3-7/h2-5,9H,6,12H2,1H3,(H,13,14). The molecule has 4 nitrogen and oxygen atoms in total. The van der Waals surface area contributed by atoms with E-state index in [0.29, 0.717) is 0 Å². The van der Waals surface area contributed by atoms with Crippen LogP contribution in [0.3, 0.4) is 0 Å². The fraction of sp³-hybridized carbons (Fsp3) is 0.300. The number of amides is 1. The SMILES string of the molecule is CNC(=O)OCC(N)c1ccc(F)cc1. The van der Waals surface area contributed by atoms with E-state index >= 15 is 0 Å². The minimum absolute atomic E-state index is 0.0608. The maximum absolute atomic E-state index is 12.6. The monoisotopic (exact) mass is 212 g/mol. The molecule has 0 heterocycles. The van der Waals surface area contributed by atoms with Crippen LogP contribution in [-0.4, -0.2) is 19.7 Å². The van der Waals surface area contributed by atoms with Gasteiger partial charge in [0.05, 0.1) is 6.04 Å². The van der Waals surface area contributed by atoms with Crippen molar-refractivity contribution >= 4 is 6.09 Å². The number of halogens is 1. The molecule has 1 amide bonds. The highest BCUT2D eigenvalue weighted by molar-refractivity contribution is 5.66. The maximum Gasteiger partial charge on any atom is 0.406 e. The van der Waals surface area contributed by atoms with Gasteiger partial charge in [0, 0.05) is 7.05 Å². The topological polar surface area (TPSA) is 64.3 Å². The normalized spacial score (nSPS) is 11.9. The molecule has 0 aliphatic rings. The summed E-state index contributed by atoms with van der Waals surface area (Å²) in [5, 5.41) is 2.30. The Morgan fingerprint density at radius 1 is 1.53 bits per heavy atom. The molecule has 0 bridgehead atoms. The van der Waals surface area contributed by atoms with E-state index in [2.05, 4.69) is 5.32 Å². The predicted molar refractivity (Wildman–Crippen MR) is 53.7 cm³/mol. The molecule has 0 aliphatic carbocycles. The molecule has 1 atom stereocenters. The summed E-state index contributed by atoms with van der Waals surface area (Å²) >= 11 is 0. The van der Waals surface area contributed by atoms with Crippen molar-refractivity contribution in [3.8, 4) is 0 Å². The van der Waals surface area contributed by atoms with Crippen molar-refractivity contribution in [2.45, 2.75) is 6.04 Å². The van der Waals surface area contributed by atoms with Crippen LogP contribution in [0, 0.1) is 5.82 Å². The van der Waals surface area contributed by atoms with Crippen molar-refractivity contribution < 1.29 is 13.9 Å². The number of nitrogens with one attached hydrogen (secondary N) is 1. The van der Waals surface area contributed by atoms with Gasteiger partial charge in [0.1, 0.15) is 12.4 Å². The molecule has 1 rings (SSSR count). The van der Waals surface area contributed by atoms with Gasteiger partial charge in [-0.1, -0.05) is 12.1 Å². The summed E-state index contributed by atoms with van der Waals surface area (Å²) in [5.74, 6) is -0.321. The zero-order valence-corrected chi connectivity index (χ0v) is 8.37. The van der Waals surface area contributed by atoms with Crippen LogP contribution < -0.4 is 11.1 Å². The molecule has 0 saturated heterocycles. The van der Waals surface area contributed by atoms with Crippen molar-refractivity contribution in [1.29, 1.82) is 0 Å². The molecular weight excluding hydrogens is 199 g/mol. The zero-order chi connectivity index (χ0) is 11.3. The van der Waals surface area contributed by atoms with Crippen LogP contribution >= 0.6 is 0 Å². The highest BCUT2D eigenvalue weighted by atomic mass is 19.1. The van der Waals surface area contributed by atoms with Crippen LogP contribution in [0.5, 0.6) is 0 Å². The Morgan fingerprint density at radius 3 is 2.67 bits per heavy atom. The fourth-order valence-corrected chi connectivity index (χ4v) is 1.04. The van der Waals surface area contributed by atoms with E-state index in [4.69, 9.17) is 10.5 Å². The first-order valence-corrected chi connectivity index (χ1v) is 4.49. The molecule has 3 N–H and O–H groups in total.